The molecule has 1 aliphatic rings. The lowest BCUT2D eigenvalue weighted by atomic mass is 9.99. The first-order valence-electron chi connectivity index (χ1n) is 37.1. The van der Waals surface area contributed by atoms with E-state index in [-0.39, 0.29) is 19.4 Å². The van der Waals surface area contributed by atoms with Crippen molar-refractivity contribution in [2.75, 3.05) is 13.2 Å². The number of carbonyl (C=O) groups is 2. The molecule has 0 saturated carbocycles. The Labute approximate surface area is 535 Å². The van der Waals surface area contributed by atoms with Crippen LogP contribution in [0.1, 0.15) is 348 Å². The molecule has 0 radical (unpaired) electrons. The van der Waals surface area contributed by atoms with Gasteiger partial charge in [0.15, 0.2) is 12.4 Å². The van der Waals surface area contributed by atoms with Crippen LogP contribution in [0.25, 0.3) is 0 Å². The minimum Gasteiger partial charge on any atom is -0.454 e. The van der Waals surface area contributed by atoms with Gasteiger partial charge in [0.25, 0.3) is 0 Å². The van der Waals surface area contributed by atoms with Gasteiger partial charge in [-0.25, -0.2) is 0 Å². The second-order valence-electron chi connectivity index (χ2n) is 25.7. The zero-order chi connectivity index (χ0) is 63.1. The van der Waals surface area contributed by atoms with Crippen molar-refractivity contribution in [3.63, 3.8) is 0 Å². The lowest BCUT2D eigenvalue weighted by Gasteiger charge is -2.41. The Morgan fingerprint density at radius 2 is 0.793 bits per heavy atom. The minimum atomic E-state index is -1.61. The van der Waals surface area contributed by atoms with E-state index in [9.17, 15) is 35.1 Å². The highest BCUT2D eigenvalue weighted by Gasteiger charge is 2.47. The van der Waals surface area contributed by atoms with Crippen LogP contribution in [-0.2, 0) is 23.8 Å². The number of hydrogen-bond acceptors (Lipinski definition) is 10. The molecule has 1 fully saturated rings. The molecule has 11 nitrogen and oxygen atoms in total. The Bertz CT molecular complexity index is 1650. The Hall–Kier alpha value is -2.64. The van der Waals surface area contributed by atoms with Gasteiger partial charge in [-0.3, -0.25) is 9.59 Å². The van der Waals surface area contributed by atoms with Crippen LogP contribution >= 0.6 is 0 Å². The van der Waals surface area contributed by atoms with Crippen LogP contribution in [0.3, 0.4) is 0 Å². The van der Waals surface area contributed by atoms with Gasteiger partial charge in [0.1, 0.15) is 24.4 Å². The minimum absolute atomic E-state index is 0.127. The van der Waals surface area contributed by atoms with Crippen molar-refractivity contribution < 1.29 is 49.3 Å². The summed E-state index contributed by atoms with van der Waals surface area (Å²) in [5.74, 6) is -1.19. The summed E-state index contributed by atoms with van der Waals surface area (Å²) in [4.78, 5) is 26.7. The summed E-state index contributed by atoms with van der Waals surface area (Å²) in [6.45, 7) is 5.81. The summed E-state index contributed by atoms with van der Waals surface area (Å²) in [6, 6.07) is -1.03. The van der Waals surface area contributed by atoms with Gasteiger partial charge in [0, 0.05) is 6.42 Å². The molecule has 0 aromatic rings. The zero-order valence-electron chi connectivity index (χ0n) is 56.6. The van der Waals surface area contributed by atoms with E-state index >= 15 is 0 Å². The molecule has 508 valence electrons. The van der Waals surface area contributed by atoms with Crippen LogP contribution in [0.5, 0.6) is 0 Å². The monoisotopic (exact) mass is 1230 g/mol. The third-order valence-electron chi connectivity index (χ3n) is 17.4. The number of allylic oxidation sites excluding steroid dienone is 9. The Morgan fingerprint density at radius 1 is 0.448 bits per heavy atom. The lowest BCUT2D eigenvalue weighted by molar-refractivity contribution is -0.305. The molecule has 11 heteroatoms. The number of amides is 1. The highest BCUT2D eigenvalue weighted by atomic mass is 16.7. The zero-order valence-corrected chi connectivity index (χ0v) is 56.6. The van der Waals surface area contributed by atoms with Crippen molar-refractivity contribution in [2.24, 2.45) is 0 Å². The van der Waals surface area contributed by atoms with E-state index in [2.05, 4.69) is 74.7 Å². The van der Waals surface area contributed by atoms with Crippen molar-refractivity contribution in [3.8, 4) is 0 Å². The van der Waals surface area contributed by atoms with Gasteiger partial charge in [-0.05, 0) is 70.6 Å². The third-order valence-corrected chi connectivity index (χ3v) is 17.4. The van der Waals surface area contributed by atoms with E-state index in [0.717, 1.165) is 83.5 Å². The molecule has 87 heavy (non-hydrogen) atoms. The van der Waals surface area contributed by atoms with Crippen LogP contribution in [0, 0.1) is 0 Å². The van der Waals surface area contributed by atoms with Crippen molar-refractivity contribution >= 4 is 11.9 Å². The lowest BCUT2D eigenvalue weighted by Crippen LogP contribution is -2.61. The van der Waals surface area contributed by atoms with E-state index in [4.69, 9.17) is 14.2 Å². The number of rotatable bonds is 64. The van der Waals surface area contributed by atoms with E-state index in [1.165, 1.54) is 218 Å². The summed E-state index contributed by atoms with van der Waals surface area (Å²) in [7, 11) is 0. The van der Waals surface area contributed by atoms with Gasteiger partial charge in [-0.2, -0.15) is 0 Å². The van der Waals surface area contributed by atoms with Crippen molar-refractivity contribution in [1.82, 2.24) is 5.32 Å². The number of aliphatic hydroxyl groups is 5. The van der Waals surface area contributed by atoms with Crippen LogP contribution in [0.2, 0.25) is 0 Å². The van der Waals surface area contributed by atoms with Gasteiger partial charge < -0.3 is 45.1 Å². The molecule has 8 unspecified atom stereocenters. The first-order valence-corrected chi connectivity index (χ1v) is 37.1. The predicted octanol–water partition coefficient (Wildman–Crippen LogP) is 19.3. The Morgan fingerprint density at radius 3 is 1.21 bits per heavy atom. The molecular formula is C76H139NO10. The van der Waals surface area contributed by atoms with Crippen molar-refractivity contribution in [2.45, 2.75) is 397 Å². The molecule has 0 aliphatic carbocycles. The molecule has 1 amide bonds. The van der Waals surface area contributed by atoms with Gasteiger partial charge in [0.2, 0.25) is 5.91 Å². The molecule has 8 atom stereocenters. The van der Waals surface area contributed by atoms with Crippen molar-refractivity contribution in [1.29, 1.82) is 0 Å². The summed E-state index contributed by atoms with van der Waals surface area (Å²) in [6.07, 6.45) is 71.1. The van der Waals surface area contributed by atoms with Crippen molar-refractivity contribution in [3.05, 3.63) is 60.8 Å². The summed E-state index contributed by atoms with van der Waals surface area (Å²) < 4.78 is 17.7. The maximum atomic E-state index is 13.5. The fourth-order valence-electron chi connectivity index (χ4n) is 11.6. The molecule has 1 rings (SSSR count). The number of hydrogen-bond donors (Lipinski definition) is 6. The van der Waals surface area contributed by atoms with E-state index < -0.39 is 67.4 Å². The fourth-order valence-corrected chi connectivity index (χ4v) is 11.6. The van der Waals surface area contributed by atoms with E-state index in [1.54, 1.807) is 6.08 Å². The summed E-state index contributed by atoms with van der Waals surface area (Å²) in [5.41, 5.74) is 0. The highest BCUT2D eigenvalue weighted by molar-refractivity contribution is 5.80. The number of aliphatic hydroxyl groups excluding tert-OH is 5. The Balaban J connectivity index is 2.58. The average Bonchev–Trinajstić information content (AvgIpc) is 1.53. The molecule has 1 saturated heterocycles. The normalized spacial score (nSPS) is 18.6. The first-order chi connectivity index (χ1) is 42.7. The van der Waals surface area contributed by atoms with E-state index in [1.807, 2.05) is 6.08 Å². The summed E-state index contributed by atoms with van der Waals surface area (Å²) in [5, 5.41) is 57.3. The maximum Gasteiger partial charge on any atom is 0.306 e. The van der Waals surface area contributed by atoms with Gasteiger partial charge in [0.05, 0.1) is 25.4 Å². The van der Waals surface area contributed by atoms with Gasteiger partial charge in [-0.15, -0.1) is 0 Å². The maximum absolute atomic E-state index is 13.5. The molecule has 0 aromatic heterocycles. The smallest absolute Gasteiger partial charge is 0.306 e. The third kappa shape index (κ3) is 50.7. The number of ether oxygens (including phenoxy) is 3. The molecule has 1 aliphatic heterocycles. The standard InChI is InChI=1S/C76H139NO10/c1-4-7-10-13-16-19-22-25-27-29-31-33-34-35-37-38-40-42-45-48-51-54-57-60-63-69(80)75(84)77-67(68(79)62-59-56-53-50-47-44-24-21-18-15-12-9-6-3)66-85-76-74(73(83)72(82)70(65-78)86-76)87-71(81)64-61-58-55-52-49-46-43-41-39-36-32-30-28-26-23-20-17-14-11-8-5-2/h16,19,25,27,31,33,35,37,59,62,67-70,72-74,76,78-80,82-83H,4-15,17-18,20-24,26,28-30,32,34,36,38-58,60-61,63-66H2,1-3H3,(H,77,84)/b19-16-,27-25-,33-31-,37-35-,62-59+. The largest absolute Gasteiger partial charge is 0.454 e. The Kier molecular flexibility index (Phi) is 60.1. The number of unbranched alkanes of at least 4 members (excludes halogenated alkanes) is 42. The van der Waals surface area contributed by atoms with E-state index in [0.29, 0.717) is 12.8 Å². The quantitative estimate of drug-likeness (QED) is 0.0195. The molecule has 0 aromatic carbocycles. The predicted molar refractivity (Wildman–Crippen MR) is 366 cm³/mol. The number of esters is 1. The fraction of sp³-hybridized carbons (Fsp3) is 0.842. The molecule has 1 heterocycles. The molecular weight excluding hydrogens is 1090 g/mol. The SMILES string of the molecule is CCCCC/C=C\C/C=C\C/C=C\C/C=C\CCCCCCCCCCC(O)C(=O)NC(COC1OC(CO)C(O)C(O)C1OC(=O)CCCCCCCCCCCCCCCCCCCCCCC)C(O)/C=C/CCCCCCCCCCCCC. The van der Waals surface area contributed by atoms with Gasteiger partial charge >= 0.3 is 5.97 Å². The van der Waals surface area contributed by atoms with Gasteiger partial charge in [-0.1, -0.05) is 332 Å². The summed E-state index contributed by atoms with van der Waals surface area (Å²) >= 11 is 0. The topological polar surface area (TPSA) is 175 Å². The first kappa shape index (κ1) is 82.4. The molecule has 6 N–H and O–H groups in total. The molecule has 0 bridgehead atoms. The second-order valence-corrected chi connectivity index (χ2v) is 25.7. The van der Waals surface area contributed by atoms with Crippen LogP contribution in [-0.4, -0.2) is 99.6 Å². The number of carbonyl (C=O) groups excluding carboxylic acids is 2. The van der Waals surface area contributed by atoms with Crippen LogP contribution in [0.15, 0.2) is 60.8 Å². The number of nitrogens with one attached hydrogen (secondary N) is 1. The average molecular weight is 1230 g/mol. The van der Waals surface area contributed by atoms with Crippen LogP contribution in [0.4, 0.5) is 0 Å². The second kappa shape index (κ2) is 63.5. The highest BCUT2D eigenvalue weighted by Crippen LogP contribution is 2.26. The van der Waals surface area contributed by atoms with Crippen LogP contribution < -0.4 is 5.32 Å². The molecule has 0 spiro atoms.